The molecule has 11 aromatic rings. The van der Waals surface area contributed by atoms with Crippen LogP contribution in [0.5, 0.6) is 0 Å². The van der Waals surface area contributed by atoms with Crippen LogP contribution >= 0.6 is 0 Å². The summed E-state index contributed by atoms with van der Waals surface area (Å²) >= 11 is 0. The van der Waals surface area contributed by atoms with Gasteiger partial charge in [-0.1, -0.05) is 175 Å². The summed E-state index contributed by atoms with van der Waals surface area (Å²) < 4.78 is 292. The van der Waals surface area contributed by atoms with Crippen LogP contribution in [0.2, 0.25) is 0 Å². The van der Waals surface area contributed by atoms with E-state index < -0.39 is 260 Å². The van der Waals surface area contributed by atoms with Crippen LogP contribution in [0.4, 0.5) is 0 Å². The Labute approximate surface area is 383 Å². The van der Waals surface area contributed by atoms with Gasteiger partial charge in [0.05, 0.1) is 43.9 Å². The van der Waals surface area contributed by atoms with Gasteiger partial charge in [0, 0.05) is 10.8 Å². The molecule has 1 heterocycles. The Morgan fingerprint density at radius 1 is 0.379 bits per heavy atom. The summed E-state index contributed by atoms with van der Waals surface area (Å²) in [5.74, 6) is 0. The van der Waals surface area contributed by atoms with Crippen LogP contribution in [0, 0.1) is 0 Å². The minimum atomic E-state index is -0.899. The van der Waals surface area contributed by atoms with Crippen molar-refractivity contribution in [3.63, 3.8) is 0 Å². The topological polar surface area (TPSA) is 13.1 Å². The maximum atomic E-state index is 9.69. The molecule has 1 aromatic heterocycles. The number of unbranched alkanes of at least 4 members (excludes halogenated alkanes) is 1. The highest BCUT2D eigenvalue weighted by Crippen LogP contribution is 2.40. The number of rotatable bonds is 9. The van der Waals surface area contributed by atoms with Gasteiger partial charge in [-0.2, -0.15) is 0 Å². The average Bonchev–Trinajstić information content (AvgIpc) is 1.21. The Balaban J connectivity index is 1.12. The number of furan rings is 1. The van der Waals surface area contributed by atoms with Crippen molar-refractivity contribution in [1.29, 1.82) is 0 Å². The molecule has 0 fully saturated rings. The molecule has 0 amide bonds. The first kappa shape index (κ1) is 14.8. The second-order valence-corrected chi connectivity index (χ2v) is 13.3. The first-order valence-electron chi connectivity index (χ1n) is 34.1. The molecule has 1 heteroatoms. The van der Waals surface area contributed by atoms with E-state index in [4.69, 9.17) is 34.6 Å². The van der Waals surface area contributed by atoms with Crippen molar-refractivity contribution in [2.24, 2.45) is 0 Å². The summed E-state index contributed by atoms with van der Waals surface area (Å²) in [5.41, 5.74) is -4.44. The van der Waals surface area contributed by atoms with Gasteiger partial charge in [0.1, 0.15) is 11.2 Å². The van der Waals surface area contributed by atoms with E-state index in [1.807, 2.05) is 0 Å². The molecule has 0 bridgehead atoms. The van der Waals surface area contributed by atoms with Crippen molar-refractivity contribution in [3.8, 4) is 22.3 Å². The van der Waals surface area contributed by atoms with Gasteiger partial charge < -0.3 is 4.42 Å². The SMILES string of the molecule is [2H]c1c([2H])c([2H])c(-c2c([2H])c([2H])c([2H])c3oc4c([2H])c(-c5c([2H])c([2H])c([2H])c6c([2H])c([2H])c([2H])c(CCCCc7c8c([2H])c([2H])c([2H])c([2H])c8c(Cc8c([2H])c([2H])c9c([2H])c([2H])c([2H])c([2H])c9c8[2H])c8c([2H])c([2H])c([2H])c([2H])c78)c56)c([2H])c([2H])c4c23)c([2H])c1[2H]. The molecule has 0 unspecified atom stereocenters. The van der Waals surface area contributed by atoms with Crippen LogP contribution < -0.4 is 0 Å². The minimum Gasteiger partial charge on any atom is -0.456 e. The molecule has 0 atom stereocenters. The normalized spacial score (nSPS) is 19.5. The smallest absolute Gasteiger partial charge is 0.136 e. The van der Waals surface area contributed by atoms with Crippen molar-refractivity contribution >= 4 is 65.0 Å². The van der Waals surface area contributed by atoms with Crippen molar-refractivity contribution in [2.45, 2.75) is 32.1 Å². The van der Waals surface area contributed by atoms with Crippen LogP contribution in [-0.4, -0.2) is 0 Å². The molecule has 0 aliphatic carbocycles. The fourth-order valence-corrected chi connectivity index (χ4v) is 7.44. The van der Waals surface area contributed by atoms with Gasteiger partial charge in [0.2, 0.25) is 0 Å². The second-order valence-electron chi connectivity index (χ2n) is 13.3. The lowest BCUT2D eigenvalue weighted by Gasteiger charge is -2.18. The molecule has 58 heavy (non-hydrogen) atoms. The molecule has 11 rings (SSSR count). The van der Waals surface area contributed by atoms with Crippen LogP contribution in [0.3, 0.4) is 0 Å². The summed E-state index contributed by atoms with van der Waals surface area (Å²) in [5, 5.41) is -3.76. The number of hydrogen-bond acceptors (Lipinski definition) is 1. The first-order valence-corrected chi connectivity index (χ1v) is 18.1. The lowest BCUT2D eigenvalue weighted by atomic mass is 9.86. The van der Waals surface area contributed by atoms with E-state index in [1.165, 1.54) is 0 Å². The van der Waals surface area contributed by atoms with E-state index in [2.05, 4.69) is 0 Å². The summed E-state index contributed by atoms with van der Waals surface area (Å²) in [4.78, 5) is 0. The van der Waals surface area contributed by atoms with Gasteiger partial charge >= 0.3 is 0 Å². The molecule has 0 saturated heterocycles. The third-order valence-electron chi connectivity index (χ3n) is 9.99. The third-order valence-corrected chi connectivity index (χ3v) is 9.99. The van der Waals surface area contributed by atoms with Crippen molar-refractivity contribution in [2.75, 3.05) is 0 Å². The summed E-state index contributed by atoms with van der Waals surface area (Å²) in [6, 6.07) is -24.7. The van der Waals surface area contributed by atoms with Crippen molar-refractivity contribution < 1.29 is 48.3 Å². The maximum Gasteiger partial charge on any atom is 0.136 e. The molecule has 0 N–H and O–H groups in total. The largest absolute Gasteiger partial charge is 0.456 e. The zero-order chi connectivity index (χ0) is 66.3. The van der Waals surface area contributed by atoms with Crippen LogP contribution in [-0.2, 0) is 19.3 Å². The Kier molecular flexibility index (Phi) is 3.70. The molecule has 0 radical (unpaired) electrons. The van der Waals surface area contributed by atoms with E-state index in [0.717, 1.165) is 0 Å². The average molecular weight is 775 g/mol. The summed E-state index contributed by atoms with van der Waals surface area (Å²) in [6.07, 6.45) is -1.58. The van der Waals surface area contributed by atoms with Gasteiger partial charge in [0.15, 0.2) is 0 Å². The zero-order valence-corrected chi connectivity index (χ0v) is 29.9. The first-order chi connectivity index (χ1) is 42.1. The molecule has 1 nitrogen and oxygen atoms in total. The lowest BCUT2D eigenvalue weighted by molar-refractivity contribution is 0.669. The monoisotopic (exact) mass is 775 g/mol. The van der Waals surface area contributed by atoms with Gasteiger partial charge in [-0.05, 0) is 138 Å². The summed E-state index contributed by atoms with van der Waals surface area (Å²) in [6.45, 7) is 0. The number of fused-ring (bicyclic) bond motifs is 7. The Morgan fingerprint density at radius 2 is 1.00 bits per heavy atom. The Hall–Kier alpha value is -6.96. The molecule has 276 valence electrons. The standard InChI is InChI=1S/C57H42O/c1-2-16-40(17-3-1)45-29-14-30-54-57(45)52-34-33-44(37-55(52)58-54)46-28-13-22-42-21-12-20-41(56(42)46)18-6-7-23-47-48-24-8-10-26-50(48)53(51-27-11-9-25-49(47)51)36-38-31-32-39-15-4-5-19-43(39)35-38/h1-5,8-17,19-22,24-35,37H,6-7,18,23,36H2/i1D,2D,3D,4D,5D,8D,9D,10D,11D,12D,13D,14D,15D,16D,17D,19D,20D,21D,22D,24D,25D,26D,27D,28D,29D,30D,31D,32D,33D,34D,35D,37D. The third kappa shape index (κ3) is 6.03. The van der Waals surface area contributed by atoms with E-state index in [1.54, 1.807) is 0 Å². The zero-order valence-electron chi connectivity index (χ0n) is 61.9. The fraction of sp³-hybridized carbons (Fsp3) is 0.0877. The highest BCUT2D eigenvalue weighted by Gasteiger charge is 2.17. The van der Waals surface area contributed by atoms with Gasteiger partial charge in [0.25, 0.3) is 0 Å². The maximum absolute atomic E-state index is 9.69. The number of benzene rings is 10. The number of aryl methyl sites for hydroxylation is 2. The van der Waals surface area contributed by atoms with E-state index in [0.29, 0.717) is 0 Å². The molecule has 10 aromatic carbocycles. The number of hydrogen-bond donors (Lipinski definition) is 0. The second kappa shape index (κ2) is 14.5. The van der Waals surface area contributed by atoms with Gasteiger partial charge in [-0.15, -0.1) is 0 Å². The predicted molar refractivity (Wildman–Crippen MR) is 247 cm³/mol. The van der Waals surface area contributed by atoms with E-state index in [9.17, 15) is 13.7 Å². The predicted octanol–water partition coefficient (Wildman–Crippen LogP) is 15.7. The van der Waals surface area contributed by atoms with Crippen molar-refractivity contribution in [3.05, 3.63) is 216 Å². The van der Waals surface area contributed by atoms with Crippen LogP contribution in [0.1, 0.15) is 79.0 Å². The molecule has 0 spiro atoms. The Bertz CT molecular complexity index is 5070. The quantitative estimate of drug-likeness (QED) is 0.105. The highest BCUT2D eigenvalue weighted by atomic mass is 16.3. The molecule has 0 aliphatic heterocycles. The fourth-order valence-electron chi connectivity index (χ4n) is 7.44. The minimum absolute atomic E-state index is 0.0470. The van der Waals surface area contributed by atoms with E-state index in [-0.39, 0.29) is 74.9 Å². The molecular weight excluding hydrogens is 701 g/mol. The molecule has 0 saturated carbocycles. The van der Waals surface area contributed by atoms with Crippen molar-refractivity contribution in [1.82, 2.24) is 0 Å². The van der Waals surface area contributed by atoms with Gasteiger partial charge in [-0.25, -0.2) is 0 Å². The Morgan fingerprint density at radius 3 is 1.78 bits per heavy atom. The van der Waals surface area contributed by atoms with Gasteiger partial charge in [-0.3, -0.25) is 0 Å². The van der Waals surface area contributed by atoms with E-state index >= 15 is 0 Å². The highest BCUT2D eigenvalue weighted by molar-refractivity contribution is 6.13. The lowest BCUT2D eigenvalue weighted by Crippen LogP contribution is -1.98. The van der Waals surface area contributed by atoms with Crippen LogP contribution in [0.15, 0.2) is 198 Å². The molecule has 0 aliphatic rings. The van der Waals surface area contributed by atoms with Crippen LogP contribution in [0.25, 0.3) is 87.3 Å². The molecular formula is C57H42O. The summed E-state index contributed by atoms with van der Waals surface area (Å²) in [7, 11) is 0.